The van der Waals surface area contributed by atoms with E-state index in [1.54, 1.807) is 0 Å². The average molecular weight is 267 g/mol. The number of nitrogens with one attached hydrogen (secondary N) is 1. The summed E-state index contributed by atoms with van der Waals surface area (Å²) in [6.07, 6.45) is 6.56. The van der Waals surface area contributed by atoms with Crippen LogP contribution in [0.15, 0.2) is 0 Å². The minimum Gasteiger partial charge on any atom is -0.340 e. The van der Waals surface area contributed by atoms with E-state index in [1.165, 1.54) is 6.42 Å². The first-order chi connectivity index (χ1) is 9.09. The maximum absolute atomic E-state index is 12.9. The van der Waals surface area contributed by atoms with Crippen molar-refractivity contribution in [2.75, 3.05) is 33.7 Å². The zero-order chi connectivity index (χ0) is 13.9. The van der Waals surface area contributed by atoms with Gasteiger partial charge in [-0.1, -0.05) is 13.3 Å². The molecule has 2 saturated heterocycles. The first-order valence-electron chi connectivity index (χ1n) is 7.80. The van der Waals surface area contributed by atoms with Crippen LogP contribution in [0.5, 0.6) is 0 Å². The minimum atomic E-state index is -0.247. The fourth-order valence-electron chi connectivity index (χ4n) is 3.60. The number of rotatable bonds is 4. The molecule has 0 saturated carbocycles. The topological polar surface area (TPSA) is 35.6 Å². The van der Waals surface area contributed by atoms with Crippen LogP contribution in [-0.4, -0.2) is 61.0 Å². The molecule has 0 aromatic rings. The third-order valence-electron chi connectivity index (χ3n) is 4.74. The number of hydrogen-bond acceptors (Lipinski definition) is 3. The summed E-state index contributed by atoms with van der Waals surface area (Å²) in [6, 6.07) is 0.526. The summed E-state index contributed by atoms with van der Waals surface area (Å²) in [4.78, 5) is 17.3. The molecular formula is C15H29N3O. The van der Waals surface area contributed by atoms with Gasteiger partial charge >= 0.3 is 0 Å². The first kappa shape index (κ1) is 14.8. The standard InChI is InChI=1S/C15H29N3O/c1-4-8-15(9-6-10-16-15)14(19)18-11-5-7-13(12-18)17(2)3/h13,16H,4-12H2,1-3H3. The van der Waals surface area contributed by atoms with Crippen molar-refractivity contribution >= 4 is 5.91 Å². The second kappa shape index (κ2) is 6.23. The second-order valence-electron chi connectivity index (χ2n) is 6.37. The van der Waals surface area contributed by atoms with Crippen LogP contribution < -0.4 is 5.32 Å². The van der Waals surface area contributed by atoms with Gasteiger partial charge in [-0.2, -0.15) is 0 Å². The third-order valence-corrected chi connectivity index (χ3v) is 4.74. The van der Waals surface area contributed by atoms with Gasteiger partial charge < -0.3 is 15.1 Å². The van der Waals surface area contributed by atoms with Crippen molar-refractivity contribution < 1.29 is 4.79 Å². The van der Waals surface area contributed by atoms with E-state index in [9.17, 15) is 4.79 Å². The lowest BCUT2D eigenvalue weighted by atomic mass is 9.89. The fraction of sp³-hybridized carbons (Fsp3) is 0.933. The molecule has 4 nitrogen and oxygen atoms in total. The van der Waals surface area contributed by atoms with Crippen LogP contribution in [0.1, 0.15) is 45.4 Å². The molecular weight excluding hydrogens is 238 g/mol. The van der Waals surface area contributed by atoms with Crippen LogP contribution in [0.3, 0.4) is 0 Å². The fourth-order valence-corrected chi connectivity index (χ4v) is 3.60. The first-order valence-corrected chi connectivity index (χ1v) is 7.80. The number of carbonyl (C=O) groups is 1. The average Bonchev–Trinajstić information content (AvgIpc) is 2.88. The highest BCUT2D eigenvalue weighted by molar-refractivity contribution is 5.87. The van der Waals surface area contributed by atoms with Gasteiger partial charge in [-0.3, -0.25) is 4.79 Å². The van der Waals surface area contributed by atoms with Crippen molar-refractivity contribution in [1.29, 1.82) is 0 Å². The quantitative estimate of drug-likeness (QED) is 0.837. The Labute approximate surface area is 117 Å². The lowest BCUT2D eigenvalue weighted by molar-refractivity contribution is -0.140. The Kier molecular flexibility index (Phi) is 4.85. The van der Waals surface area contributed by atoms with Gasteiger partial charge in [0.15, 0.2) is 0 Å². The number of piperidine rings is 1. The number of likely N-dealkylation sites (tertiary alicyclic amines) is 1. The van der Waals surface area contributed by atoms with Crippen molar-refractivity contribution in [3.8, 4) is 0 Å². The van der Waals surface area contributed by atoms with E-state index in [2.05, 4.69) is 36.1 Å². The van der Waals surface area contributed by atoms with Crippen LogP contribution in [0, 0.1) is 0 Å². The number of carbonyl (C=O) groups excluding carboxylic acids is 1. The van der Waals surface area contributed by atoms with Crippen LogP contribution in [0.2, 0.25) is 0 Å². The Hall–Kier alpha value is -0.610. The predicted octanol–water partition coefficient (Wildman–Crippen LogP) is 1.46. The second-order valence-corrected chi connectivity index (χ2v) is 6.37. The van der Waals surface area contributed by atoms with Gasteiger partial charge in [0.05, 0.1) is 5.54 Å². The molecule has 2 unspecified atom stereocenters. The van der Waals surface area contributed by atoms with Crippen molar-refractivity contribution in [1.82, 2.24) is 15.1 Å². The molecule has 4 heteroatoms. The van der Waals surface area contributed by atoms with E-state index >= 15 is 0 Å². The Morgan fingerprint density at radius 2 is 2.21 bits per heavy atom. The molecule has 0 spiro atoms. The molecule has 2 atom stereocenters. The zero-order valence-corrected chi connectivity index (χ0v) is 12.7. The molecule has 0 aromatic carbocycles. The van der Waals surface area contributed by atoms with Gasteiger partial charge in [0.1, 0.15) is 0 Å². The molecule has 2 rings (SSSR count). The van der Waals surface area contributed by atoms with Crippen LogP contribution in [0.25, 0.3) is 0 Å². The lowest BCUT2D eigenvalue weighted by Crippen LogP contribution is -2.58. The lowest BCUT2D eigenvalue weighted by Gasteiger charge is -2.41. The van der Waals surface area contributed by atoms with Crippen LogP contribution in [0.4, 0.5) is 0 Å². The van der Waals surface area contributed by atoms with Crippen molar-refractivity contribution in [3.63, 3.8) is 0 Å². The largest absolute Gasteiger partial charge is 0.340 e. The third kappa shape index (κ3) is 3.11. The summed E-state index contributed by atoms with van der Waals surface area (Å²) in [5.41, 5.74) is -0.247. The monoisotopic (exact) mass is 267 g/mol. The molecule has 2 heterocycles. The molecule has 1 amide bonds. The number of hydrogen-bond donors (Lipinski definition) is 1. The van der Waals surface area contributed by atoms with Gasteiger partial charge in [0.25, 0.3) is 0 Å². The van der Waals surface area contributed by atoms with Crippen LogP contribution >= 0.6 is 0 Å². The molecule has 0 aromatic heterocycles. The summed E-state index contributed by atoms with van der Waals surface area (Å²) in [5, 5.41) is 3.51. The number of likely N-dealkylation sites (N-methyl/N-ethyl adjacent to an activating group) is 1. The molecule has 2 aliphatic heterocycles. The molecule has 0 bridgehead atoms. The normalized spacial score (nSPS) is 32.0. The number of nitrogens with zero attached hydrogens (tertiary/aromatic N) is 2. The summed E-state index contributed by atoms with van der Waals surface area (Å²) in [7, 11) is 4.24. The highest BCUT2D eigenvalue weighted by Crippen LogP contribution is 2.28. The van der Waals surface area contributed by atoms with E-state index in [1.807, 2.05) is 0 Å². The Morgan fingerprint density at radius 1 is 1.42 bits per heavy atom. The summed E-state index contributed by atoms with van der Waals surface area (Å²) >= 11 is 0. The van der Waals surface area contributed by atoms with Crippen molar-refractivity contribution in [2.24, 2.45) is 0 Å². The minimum absolute atomic E-state index is 0.247. The van der Waals surface area contributed by atoms with Gasteiger partial charge in [0.2, 0.25) is 5.91 Å². The van der Waals surface area contributed by atoms with Gasteiger partial charge in [-0.15, -0.1) is 0 Å². The highest BCUT2D eigenvalue weighted by atomic mass is 16.2. The molecule has 110 valence electrons. The molecule has 1 N–H and O–H groups in total. The molecule has 2 aliphatic rings. The Balaban J connectivity index is 2.05. The summed E-state index contributed by atoms with van der Waals surface area (Å²) in [6.45, 7) is 5.01. The zero-order valence-electron chi connectivity index (χ0n) is 12.7. The highest BCUT2D eigenvalue weighted by Gasteiger charge is 2.43. The van der Waals surface area contributed by atoms with Gasteiger partial charge in [-0.05, 0) is 52.7 Å². The van der Waals surface area contributed by atoms with Gasteiger partial charge in [-0.25, -0.2) is 0 Å². The maximum atomic E-state index is 12.9. The summed E-state index contributed by atoms with van der Waals surface area (Å²) < 4.78 is 0. The predicted molar refractivity (Wildman–Crippen MR) is 78.2 cm³/mol. The smallest absolute Gasteiger partial charge is 0.242 e. The van der Waals surface area contributed by atoms with E-state index in [4.69, 9.17) is 0 Å². The maximum Gasteiger partial charge on any atom is 0.242 e. The molecule has 2 fully saturated rings. The Morgan fingerprint density at radius 3 is 2.79 bits per heavy atom. The number of amides is 1. The van der Waals surface area contributed by atoms with Crippen LogP contribution in [-0.2, 0) is 4.79 Å². The van der Waals surface area contributed by atoms with Crippen molar-refractivity contribution in [2.45, 2.75) is 57.0 Å². The SMILES string of the molecule is CCCC1(C(=O)N2CCCC(N(C)C)C2)CCCN1. The molecule has 19 heavy (non-hydrogen) atoms. The molecule has 0 aliphatic carbocycles. The van der Waals surface area contributed by atoms with E-state index in [0.29, 0.717) is 11.9 Å². The van der Waals surface area contributed by atoms with E-state index < -0.39 is 0 Å². The summed E-state index contributed by atoms with van der Waals surface area (Å²) in [5.74, 6) is 0.360. The van der Waals surface area contributed by atoms with Gasteiger partial charge in [0, 0.05) is 19.1 Å². The van der Waals surface area contributed by atoms with E-state index in [-0.39, 0.29) is 5.54 Å². The van der Waals surface area contributed by atoms with Crippen molar-refractivity contribution in [3.05, 3.63) is 0 Å². The Bertz CT molecular complexity index is 311. The van der Waals surface area contributed by atoms with E-state index in [0.717, 1.165) is 51.7 Å². The molecule has 0 radical (unpaired) electrons.